The minimum Gasteiger partial charge on any atom is -0.275 e. The second-order valence-electron chi connectivity index (χ2n) is 5.79. The van der Waals surface area contributed by atoms with Gasteiger partial charge < -0.3 is 0 Å². The maximum absolute atomic E-state index is 4.72. The van der Waals surface area contributed by atoms with Gasteiger partial charge in [-0.05, 0) is 23.8 Å². The Kier molecular flexibility index (Phi) is 2.87. The fourth-order valence-corrected chi connectivity index (χ4v) is 2.80. The molecule has 0 bridgehead atoms. The lowest BCUT2D eigenvalue weighted by Gasteiger charge is -2.03. The van der Waals surface area contributed by atoms with Crippen molar-refractivity contribution in [1.82, 2.24) is 44.4 Å². The molecule has 0 atom stereocenters. The van der Waals surface area contributed by atoms with Gasteiger partial charge in [-0.15, -0.1) is 5.10 Å². The molecule has 0 aliphatic heterocycles. The topological polar surface area (TPSA) is 91.6 Å². The lowest BCUT2D eigenvalue weighted by atomic mass is 10.2. The molecule has 5 aromatic rings. The van der Waals surface area contributed by atoms with Crippen LogP contribution in [0.25, 0.3) is 28.1 Å². The molecule has 0 N–H and O–H groups in total. The van der Waals surface area contributed by atoms with Crippen LogP contribution < -0.4 is 0 Å². The molecule has 9 heteroatoms. The fourth-order valence-electron chi connectivity index (χ4n) is 2.80. The zero-order valence-electron chi connectivity index (χ0n) is 13.4. The van der Waals surface area contributed by atoms with E-state index in [-0.39, 0.29) is 0 Å². The van der Waals surface area contributed by atoms with Gasteiger partial charge in [0.2, 0.25) is 0 Å². The van der Waals surface area contributed by atoms with Crippen LogP contribution in [0.5, 0.6) is 0 Å². The molecule has 9 nitrogen and oxygen atoms in total. The number of hydrogen-bond donors (Lipinski definition) is 0. The predicted octanol–water partition coefficient (Wildman–Crippen LogP) is 1.32. The van der Waals surface area contributed by atoms with Crippen molar-refractivity contribution in [1.29, 1.82) is 0 Å². The average Bonchev–Trinajstić information content (AvgIpc) is 3.34. The molecular formula is C16H13N9. The zero-order chi connectivity index (χ0) is 16.8. The van der Waals surface area contributed by atoms with Gasteiger partial charge in [0.15, 0.2) is 11.3 Å². The molecule has 0 aliphatic rings. The van der Waals surface area contributed by atoms with Crippen LogP contribution >= 0.6 is 0 Å². The van der Waals surface area contributed by atoms with Gasteiger partial charge in [0.1, 0.15) is 11.8 Å². The van der Waals surface area contributed by atoms with Crippen LogP contribution in [0.3, 0.4) is 0 Å². The average molecular weight is 331 g/mol. The van der Waals surface area contributed by atoms with E-state index in [4.69, 9.17) is 4.98 Å². The molecule has 0 unspecified atom stereocenters. The molecule has 0 saturated heterocycles. The van der Waals surface area contributed by atoms with Gasteiger partial charge in [-0.25, -0.2) is 19.2 Å². The molecular weight excluding hydrogens is 318 g/mol. The lowest BCUT2D eigenvalue weighted by Crippen LogP contribution is -2.04. The van der Waals surface area contributed by atoms with Crippen molar-refractivity contribution in [2.24, 2.45) is 7.05 Å². The number of fused-ring (bicyclic) bond motifs is 2. The molecule has 0 aromatic carbocycles. The van der Waals surface area contributed by atoms with Crippen LogP contribution in [0.2, 0.25) is 0 Å². The Morgan fingerprint density at radius 1 is 1.04 bits per heavy atom. The Balaban J connectivity index is 1.56. The molecule has 0 saturated carbocycles. The molecule has 0 aliphatic carbocycles. The van der Waals surface area contributed by atoms with Crippen molar-refractivity contribution in [2.45, 2.75) is 6.54 Å². The van der Waals surface area contributed by atoms with Gasteiger partial charge in [0.25, 0.3) is 0 Å². The summed E-state index contributed by atoms with van der Waals surface area (Å²) in [5.41, 5.74) is 5.15. The third-order valence-corrected chi connectivity index (χ3v) is 4.03. The summed E-state index contributed by atoms with van der Waals surface area (Å²) in [5, 5.41) is 16.8. The summed E-state index contributed by atoms with van der Waals surface area (Å²) in [6.07, 6.45) is 7.19. The number of aromatic nitrogens is 9. The van der Waals surface area contributed by atoms with Gasteiger partial charge in [-0.1, -0.05) is 11.3 Å². The van der Waals surface area contributed by atoms with Crippen molar-refractivity contribution in [3.05, 3.63) is 54.7 Å². The zero-order valence-corrected chi connectivity index (χ0v) is 13.4. The van der Waals surface area contributed by atoms with Crippen LogP contribution in [-0.2, 0) is 13.6 Å². The van der Waals surface area contributed by atoms with Crippen LogP contribution in [0.4, 0.5) is 0 Å². The monoisotopic (exact) mass is 331 g/mol. The summed E-state index contributed by atoms with van der Waals surface area (Å²) in [6, 6.07) is 7.78. The Morgan fingerprint density at radius 3 is 2.88 bits per heavy atom. The Labute approximate surface area is 141 Å². The Morgan fingerprint density at radius 2 is 2.00 bits per heavy atom. The van der Waals surface area contributed by atoms with Gasteiger partial charge in [-0.3, -0.25) is 4.68 Å². The molecule has 0 amide bonds. The van der Waals surface area contributed by atoms with Crippen LogP contribution in [-0.4, -0.2) is 44.4 Å². The van der Waals surface area contributed by atoms with E-state index in [0.29, 0.717) is 6.54 Å². The summed E-state index contributed by atoms with van der Waals surface area (Å²) in [5.74, 6) is 0. The van der Waals surface area contributed by atoms with E-state index in [1.165, 1.54) is 6.33 Å². The summed E-state index contributed by atoms with van der Waals surface area (Å²) < 4.78 is 5.28. The first kappa shape index (κ1) is 13.8. The molecule has 5 aromatic heterocycles. The second kappa shape index (κ2) is 5.20. The van der Waals surface area contributed by atoms with E-state index >= 15 is 0 Å². The normalized spacial score (nSPS) is 11.6. The molecule has 0 fully saturated rings. The van der Waals surface area contributed by atoms with Crippen molar-refractivity contribution >= 4 is 16.8 Å². The van der Waals surface area contributed by atoms with E-state index in [9.17, 15) is 0 Å². The largest absolute Gasteiger partial charge is 0.275 e. The molecule has 25 heavy (non-hydrogen) atoms. The molecule has 0 radical (unpaired) electrons. The summed E-state index contributed by atoms with van der Waals surface area (Å²) in [6.45, 7) is 0.551. The minimum atomic E-state index is 0.551. The third kappa shape index (κ3) is 2.33. The van der Waals surface area contributed by atoms with Crippen molar-refractivity contribution in [3.63, 3.8) is 0 Å². The molecule has 122 valence electrons. The Hall–Kier alpha value is -3.62. The number of aryl methyl sites for hydroxylation is 1. The SMILES string of the molecule is Cn1cc(-c2ccc3nnn(Cc4ccc5ncnn5c4)c3n2)cn1. The lowest BCUT2D eigenvalue weighted by molar-refractivity contribution is 0.660. The van der Waals surface area contributed by atoms with E-state index in [2.05, 4.69) is 25.5 Å². The molecule has 5 heterocycles. The van der Waals surface area contributed by atoms with E-state index < -0.39 is 0 Å². The highest BCUT2D eigenvalue weighted by Gasteiger charge is 2.10. The second-order valence-corrected chi connectivity index (χ2v) is 5.79. The third-order valence-electron chi connectivity index (χ3n) is 4.03. The van der Waals surface area contributed by atoms with Gasteiger partial charge in [-0.2, -0.15) is 10.2 Å². The molecule has 0 spiro atoms. The maximum atomic E-state index is 4.72. The molecule has 5 rings (SSSR count). The minimum absolute atomic E-state index is 0.551. The first-order chi connectivity index (χ1) is 12.3. The van der Waals surface area contributed by atoms with Gasteiger partial charge in [0.05, 0.1) is 18.4 Å². The van der Waals surface area contributed by atoms with Gasteiger partial charge >= 0.3 is 0 Å². The van der Waals surface area contributed by atoms with Crippen LogP contribution in [0.1, 0.15) is 5.56 Å². The number of rotatable bonds is 3. The fraction of sp³-hybridized carbons (Fsp3) is 0.125. The van der Waals surface area contributed by atoms with Crippen LogP contribution in [0.15, 0.2) is 49.2 Å². The first-order valence-electron chi connectivity index (χ1n) is 7.74. The standard InChI is InChI=1S/C16H13N9/c1-23-9-12(6-18-23)13-3-4-14-16(20-13)25(22-21-14)8-11-2-5-15-17-10-19-24(15)7-11/h2-7,9-10H,8H2,1H3. The first-order valence-corrected chi connectivity index (χ1v) is 7.74. The highest BCUT2D eigenvalue weighted by atomic mass is 15.4. The smallest absolute Gasteiger partial charge is 0.179 e. The number of nitrogens with zero attached hydrogens (tertiary/aromatic N) is 9. The number of hydrogen-bond acceptors (Lipinski definition) is 6. The summed E-state index contributed by atoms with van der Waals surface area (Å²) in [7, 11) is 1.88. The van der Waals surface area contributed by atoms with E-state index in [1.807, 2.05) is 43.7 Å². The van der Waals surface area contributed by atoms with Crippen molar-refractivity contribution < 1.29 is 0 Å². The van der Waals surface area contributed by atoms with Crippen LogP contribution in [0, 0.1) is 0 Å². The Bertz CT molecular complexity index is 1200. The summed E-state index contributed by atoms with van der Waals surface area (Å²) in [4.78, 5) is 8.87. The maximum Gasteiger partial charge on any atom is 0.179 e. The number of pyridine rings is 2. The highest BCUT2D eigenvalue weighted by molar-refractivity contribution is 5.74. The quantitative estimate of drug-likeness (QED) is 0.495. The van der Waals surface area contributed by atoms with E-state index in [1.54, 1.807) is 20.1 Å². The van der Waals surface area contributed by atoms with E-state index in [0.717, 1.165) is 33.6 Å². The van der Waals surface area contributed by atoms with Gasteiger partial charge in [0, 0.05) is 25.0 Å². The summed E-state index contributed by atoms with van der Waals surface area (Å²) >= 11 is 0. The van der Waals surface area contributed by atoms with Crippen molar-refractivity contribution in [3.8, 4) is 11.3 Å². The highest BCUT2D eigenvalue weighted by Crippen LogP contribution is 2.19. The predicted molar refractivity (Wildman–Crippen MR) is 89.6 cm³/mol. The van der Waals surface area contributed by atoms with Crippen molar-refractivity contribution in [2.75, 3.05) is 0 Å².